The second-order valence-corrected chi connectivity index (χ2v) is 10.5. The molecule has 1 aromatic heterocycles. The van der Waals surface area contributed by atoms with E-state index >= 15 is 0 Å². The minimum atomic E-state index is -0.179. The van der Waals surface area contributed by atoms with Gasteiger partial charge in [-0.25, -0.2) is 9.97 Å². The molecule has 0 bridgehead atoms. The first-order valence-corrected chi connectivity index (χ1v) is 13.7. The van der Waals surface area contributed by atoms with E-state index in [4.69, 9.17) is 28.2 Å². The maximum Gasteiger partial charge on any atom is 0.254 e. The molecule has 1 N–H and O–H groups in total. The fraction of sp³-hybridized carbons (Fsp3) is 0.258. The zero-order chi connectivity index (χ0) is 26.5. The van der Waals surface area contributed by atoms with Crippen LogP contribution in [0.5, 0.6) is 0 Å². The van der Waals surface area contributed by atoms with Gasteiger partial charge in [-0.3, -0.25) is 4.79 Å². The number of carbonyl (C=O) groups excluding carboxylic acids is 1. The fourth-order valence-electron chi connectivity index (χ4n) is 4.99. The van der Waals surface area contributed by atoms with Crippen LogP contribution >= 0.6 is 23.2 Å². The number of amides is 1. The molecule has 0 saturated carbocycles. The van der Waals surface area contributed by atoms with Crippen LogP contribution in [0.2, 0.25) is 10.0 Å². The van der Waals surface area contributed by atoms with Crippen molar-refractivity contribution in [3.63, 3.8) is 0 Å². The molecule has 0 radical (unpaired) electrons. The largest absolute Gasteiger partial charge is 0.348 e. The van der Waals surface area contributed by atoms with Crippen LogP contribution in [0.1, 0.15) is 57.2 Å². The second kappa shape index (κ2) is 12.0. The summed E-state index contributed by atoms with van der Waals surface area (Å²) in [6, 6.07) is 24.0. The summed E-state index contributed by atoms with van der Waals surface area (Å²) < 4.78 is 0. The van der Waals surface area contributed by atoms with Gasteiger partial charge in [0.25, 0.3) is 5.91 Å². The quantitative estimate of drug-likeness (QED) is 0.256. The molecule has 194 valence electrons. The minimum absolute atomic E-state index is 0.179. The molecule has 1 aliphatic heterocycles. The summed E-state index contributed by atoms with van der Waals surface area (Å²) in [7, 11) is 0. The molecule has 1 aliphatic rings. The van der Waals surface area contributed by atoms with Gasteiger partial charge in [0, 0.05) is 29.3 Å². The molecule has 1 atom stereocenters. The van der Waals surface area contributed by atoms with Gasteiger partial charge in [-0.05, 0) is 79.1 Å². The number of aromatic nitrogens is 2. The van der Waals surface area contributed by atoms with E-state index in [0.717, 1.165) is 42.1 Å². The lowest BCUT2D eigenvalue weighted by atomic mass is 10.0. The minimum Gasteiger partial charge on any atom is -0.348 e. The molecule has 1 saturated heterocycles. The van der Waals surface area contributed by atoms with Crippen molar-refractivity contribution in [2.45, 2.75) is 45.2 Å². The third-order valence-electron chi connectivity index (χ3n) is 7.12. The van der Waals surface area contributed by atoms with Crippen LogP contribution in [0.4, 0.5) is 5.95 Å². The molecule has 7 heteroatoms. The smallest absolute Gasteiger partial charge is 0.254 e. The van der Waals surface area contributed by atoms with Gasteiger partial charge in [-0.15, -0.1) is 0 Å². The predicted octanol–water partition coefficient (Wildman–Crippen LogP) is 7.15. The molecule has 4 aromatic rings. The predicted molar refractivity (Wildman–Crippen MR) is 154 cm³/mol. The van der Waals surface area contributed by atoms with Crippen LogP contribution < -0.4 is 10.2 Å². The van der Waals surface area contributed by atoms with Crippen molar-refractivity contribution in [1.82, 2.24) is 15.3 Å². The lowest BCUT2D eigenvalue weighted by Crippen LogP contribution is -2.28. The van der Waals surface area contributed by atoms with Gasteiger partial charge in [-0.1, -0.05) is 71.7 Å². The van der Waals surface area contributed by atoms with E-state index in [1.165, 1.54) is 16.7 Å². The van der Waals surface area contributed by atoms with Gasteiger partial charge in [0.2, 0.25) is 5.95 Å². The lowest BCUT2D eigenvalue weighted by Gasteiger charge is -2.26. The van der Waals surface area contributed by atoms with Gasteiger partial charge < -0.3 is 10.2 Å². The van der Waals surface area contributed by atoms with E-state index in [1.54, 1.807) is 6.20 Å². The van der Waals surface area contributed by atoms with E-state index < -0.39 is 0 Å². The van der Waals surface area contributed by atoms with Gasteiger partial charge in [-0.2, -0.15) is 0 Å². The zero-order valence-electron chi connectivity index (χ0n) is 21.3. The Morgan fingerprint density at radius 2 is 1.68 bits per heavy atom. The number of benzene rings is 3. The Kier molecular flexibility index (Phi) is 8.26. The van der Waals surface area contributed by atoms with Crippen molar-refractivity contribution in [2.75, 3.05) is 11.4 Å². The van der Waals surface area contributed by atoms with Gasteiger partial charge in [0.15, 0.2) is 0 Å². The van der Waals surface area contributed by atoms with E-state index in [2.05, 4.69) is 52.5 Å². The average Bonchev–Trinajstić information content (AvgIpc) is 3.42. The highest BCUT2D eigenvalue weighted by Crippen LogP contribution is 2.35. The van der Waals surface area contributed by atoms with Crippen molar-refractivity contribution >= 4 is 35.1 Å². The monoisotopic (exact) mass is 544 g/mol. The first kappa shape index (κ1) is 26.2. The van der Waals surface area contributed by atoms with E-state index in [-0.39, 0.29) is 11.9 Å². The van der Waals surface area contributed by atoms with Gasteiger partial charge >= 0.3 is 0 Å². The zero-order valence-corrected chi connectivity index (χ0v) is 22.8. The molecule has 38 heavy (non-hydrogen) atoms. The highest BCUT2D eigenvalue weighted by atomic mass is 35.5. The van der Waals surface area contributed by atoms with Crippen LogP contribution in [0.3, 0.4) is 0 Å². The molecule has 5 rings (SSSR count). The van der Waals surface area contributed by atoms with Crippen molar-refractivity contribution in [2.24, 2.45) is 0 Å². The molecule has 1 amide bonds. The maximum atomic E-state index is 13.3. The van der Waals surface area contributed by atoms with Gasteiger partial charge in [0.1, 0.15) is 0 Å². The highest BCUT2D eigenvalue weighted by Gasteiger charge is 2.29. The molecule has 3 aromatic carbocycles. The molecule has 5 nitrogen and oxygen atoms in total. The lowest BCUT2D eigenvalue weighted by molar-refractivity contribution is 0.0949. The summed E-state index contributed by atoms with van der Waals surface area (Å²) in [4.78, 5) is 25.2. The topological polar surface area (TPSA) is 58.1 Å². The SMILES string of the molecule is Cc1ccccc1CCc1nc(N2CCC[C@@H]2c2ccc(Cl)cc2)ncc1C(=O)NCc1ccc(Cl)cc1. The average molecular weight is 546 g/mol. The highest BCUT2D eigenvalue weighted by molar-refractivity contribution is 6.30. The van der Waals surface area contributed by atoms with Crippen LogP contribution in [-0.2, 0) is 19.4 Å². The number of nitrogens with zero attached hydrogens (tertiary/aromatic N) is 3. The summed E-state index contributed by atoms with van der Waals surface area (Å²) >= 11 is 12.1. The standard InChI is InChI=1S/C31H30Cl2N4O/c1-21-5-2-3-6-23(21)12-17-28-27(30(38)34-19-22-8-13-25(32)14-9-22)20-35-31(36-28)37-18-4-7-29(37)24-10-15-26(33)16-11-24/h2-3,5-6,8-11,13-16,20,29H,4,7,12,17-19H2,1H3,(H,34,38)/t29-/m1/s1. The summed E-state index contributed by atoms with van der Waals surface area (Å²) in [6.07, 6.45) is 5.19. The van der Waals surface area contributed by atoms with Crippen LogP contribution in [0.15, 0.2) is 79.0 Å². The van der Waals surface area contributed by atoms with E-state index in [1.807, 2.05) is 42.5 Å². The third-order valence-corrected chi connectivity index (χ3v) is 7.63. The maximum absolute atomic E-state index is 13.3. The van der Waals surface area contributed by atoms with Crippen molar-refractivity contribution in [1.29, 1.82) is 0 Å². The third kappa shape index (κ3) is 6.17. The van der Waals surface area contributed by atoms with Crippen LogP contribution in [0, 0.1) is 6.92 Å². The van der Waals surface area contributed by atoms with Crippen molar-refractivity contribution in [3.8, 4) is 0 Å². The molecule has 0 aliphatic carbocycles. The number of aryl methyl sites for hydroxylation is 3. The Labute approximate surface area is 233 Å². The van der Waals surface area contributed by atoms with Gasteiger partial charge in [0.05, 0.1) is 17.3 Å². The number of hydrogen-bond acceptors (Lipinski definition) is 4. The molecule has 1 fully saturated rings. The number of halogens is 2. The Balaban J connectivity index is 1.41. The second-order valence-electron chi connectivity index (χ2n) is 9.67. The van der Waals surface area contributed by atoms with Crippen molar-refractivity contribution in [3.05, 3.63) is 123 Å². The number of carbonyl (C=O) groups is 1. The van der Waals surface area contributed by atoms with E-state index in [9.17, 15) is 4.79 Å². The summed E-state index contributed by atoms with van der Waals surface area (Å²) in [5.74, 6) is 0.485. The first-order valence-electron chi connectivity index (χ1n) is 12.9. The Bertz CT molecular complexity index is 1410. The number of nitrogens with one attached hydrogen (secondary N) is 1. The first-order chi connectivity index (χ1) is 18.5. The van der Waals surface area contributed by atoms with Crippen LogP contribution in [0.25, 0.3) is 0 Å². The summed E-state index contributed by atoms with van der Waals surface area (Å²) in [5.41, 5.74) is 5.93. The molecular formula is C31H30Cl2N4O. The number of anilines is 1. The molecule has 0 unspecified atom stereocenters. The summed E-state index contributed by atoms with van der Waals surface area (Å²) in [6.45, 7) is 3.38. The van der Waals surface area contributed by atoms with E-state index in [0.29, 0.717) is 29.5 Å². The fourth-order valence-corrected chi connectivity index (χ4v) is 5.24. The Hall–Kier alpha value is -3.41. The Morgan fingerprint density at radius 3 is 2.42 bits per heavy atom. The van der Waals surface area contributed by atoms with Crippen molar-refractivity contribution < 1.29 is 4.79 Å². The molecular weight excluding hydrogens is 515 g/mol. The Morgan fingerprint density at radius 1 is 0.974 bits per heavy atom. The number of rotatable bonds is 8. The molecule has 0 spiro atoms. The number of hydrogen-bond donors (Lipinski definition) is 1. The summed E-state index contributed by atoms with van der Waals surface area (Å²) in [5, 5.41) is 4.42. The van der Waals surface area contributed by atoms with Crippen LogP contribution in [-0.4, -0.2) is 22.4 Å². The normalized spacial score (nSPS) is 15.0. The molecule has 2 heterocycles.